The Balaban J connectivity index is 0.000000572. The summed E-state index contributed by atoms with van der Waals surface area (Å²) in [5.74, 6) is -2.98. The van der Waals surface area contributed by atoms with Crippen molar-refractivity contribution in [3.8, 4) is 0 Å². The van der Waals surface area contributed by atoms with Gasteiger partial charge in [0.1, 0.15) is 5.69 Å². The molecule has 0 saturated heterocycles. The van der Waals surface area contributed by atoms with Crippen LogP contribution in [0.25, 0.3) is 21.9 Å². The summed E-state index contributed by atoms with van der Waals surface area (Å²) >= 11 is 0. The van der Waals surface area contributed by atoms with E-state index in [0.717, 1.165) is 34.9 Å². The van der Waals surface area contributed by atoms with Gasteiger partial charge in [0.15, 0.2) is 0 Å². The van der Waals surface area contributed by atoms with Crippen LogP contribution in [0.3, 0.4) is 0 Å². The number of para-hydroxylation sites is 1. The zero-order valence-corrected chi connectivity index (χ0v) is 21.2. The number of carboxylic acid groups (broad SMARTS) is 1. The molecule has 2 heterocycles. The fourth-order valence-electron chi connectivity index (χ4n) is 3.76. The molecule has 0 aliphatic rings. The molecule has 0 atom stereocenters. The second-order valence-electron chi connectivity index (χ2n) is 8.97. The molecule has 1 aromatic carbocycles. The van der Waals surface area contributed by atoms with Crippen LogP contribution in [-0.2, 0) is 4.79 Å². The number of benzene rings is 1. The zero-order valence-electron chi connectivity index (χ0n) is 21.2. The van der Waals surface area contributed by atoms with E-state index in [2.05, 4.69) is 34.7 Å². The molecule has 2 aromatic heterocycles. The molecule has 0 aliphatic heterocycles. The normalized spacial score (nSPS) is 11.6. The van der Waals surface area contributed by atoms with Crippen LogP contribution in [0.2, 0.25) is 0 Å². The number of hydrogen-bond donors (Lipinski definition) is 2. The summed E-state index contributed by atoms with van der Waals surface area (Å²) in [4.78, 5) is 38.6. The number of alkyl halides is 3. The van der Waals surface area contributed by atoms with E-state index in [1.54, 1.807) is 18.7 Å². The van der Waals surface area contributed by atoms with Crippen molar-refractivity contribution < 1.29 is 32.7 Å². The van der Waals surface area contributed by atoms with Gasteiger partial charge in [0.25, 0.3) is 5.91 Å². The van der Waals surface area contributed by atoms with E-state index < -0.39 is 12.1 Å². The first-order valence-electron chi connectivity index (χ1n) is 11.3. The molecule has 12 heteroatoms. The van der Waals surface area contributed by atoms with E-state index >= 15 is 0 Å². The maximum Gasteiger partial charge on any atom is 0.490 e. The molecule has 3 rings (SSSR count). The maximum atomic E-state index is 13.1. The maximum absolute atomic E-state index is 13.1. The van der Waals surface area contributed by atoms with Crippen molar-refractivity contribution in [2.75, 3.05) is 41.3 Å². The van der Waals surface area contributed by atoms with E-state index in [4.69, 9.17) is 9.90 Å². The highest BCUT2D eigenvalue weighted by atomic mass is 19.4. The monoisotopic (exact) mass is 511 g/mol. The van der Waals surface area contributed by atoms with Gasteiger partial charge in [-0.2, -0.15) is 13.2 Å². The third kappa shape index (κ3) is 6.36. The lowest BCUT2D eigenvalue weighted by molar-refractivity contribution is -0.192. The first kappa shape index (κ1) is 28.7. The van der Waals surface area contributed by atoms with Gasteiger partial charge >= 0.3 is 18.2 Å². The smallest absolute Gasteiger partial charge is 0.475 e. The van der Waals surface area contributed by atoms with Crippen LogP contribution in [-0.4, -0.2) is 89.4 Å². The Hall–Kier alpha value is -3.54. The molecule has 0 aliphatic carbocycles. The van der Waals surface area contributed by atoms with Crippen molar-refractivity contribution in [1.29, 1.82) is 0 Å². The SMILES string of the molecule is CC(C)n1c2ccccc2c2c1cc(C(=O)NCCCN(C)C)n2C(=O)N(C)C.O=C(O)C(F)(F)F. The van der Waals surface area contributed by atoms with E-state index in [1.807, 2.05) is 38.4 Å². The predicted molar refractivity (Wildman–Crippen MR) is 131 cm³/mol. The Morgan fingerprint density at radius 2 is 1.64 bits per heavy atom. The average Bonchev–Trinajstić information content (AvgIpc) is 3.30. The summed E-state index contributed by atoms with van der Waals surface area (Å²) in [5, 5.41) is 11.1. The van der Waals surface area contributed by atoms with Crippen LogP contribution >= 0.6 is 0 Å². The Bertz CT molecular complexity index is 1240. The summed E-state index contributed by atoms with van der Waals surface area (Å²) in [6, 6.07) is 9.83. The fourth-order valence-corrected chi connectivity index (χ4v) is 3.76. The number of hydrogen-bond acceptors (Lipinski definition) is 4. The molecule has 198 valence electrons. The highest BCUT2D eigenvalue weighted by molar-refractivity contribution is 6.14. The van der Waals surface area contributed by atoms with Gasteiger partial charge < -0.3 is 24.8 Å². The van der Waals surface area contributed by atoms with E-state index in [9.17, 15) is 22.8 Å². The van der Waals surface area contributed by atoms with Gasteiger partial charge in [-0.1, -0.05) is 18.2 Å². The lowest BCUT2D eigenvalue weighted by Crippen LogP contribution is -2.33. The highest BCUT2D eigenvalue weighted by Crippen LogP contribution is 2.34. The van der Waals surface area contributed by atoms with Gasteiger partial charge in [-0.3, -0.25) is 9.36 Å². The molecule has 0 saturated carbocycles. The predicted octanol–water partition coefficient (Wildman–Crippen LogP) is 4.02. The van der Waals surface area contributed by atoms with Crippen LogP contribution in [0.5, 0.6) is 0 Å². The number of nitrogens with one attached hydrogen (secondary N) is 1. The summed E-state index contributed by atoms with van der Waals surface area (Å²) in [6.45, 7) is 5.67. The molecule has 0 fully saturated rings. The minimum Gasteiger partial charge on any atom is -0.475 e. The number of nitrogens with zero attached hydrogens (tertiary/aromatic N) is 4. The van der Waals surface area contributed by atoms with Crippen LogP contribution in [0.4, 0.5) is 18.0 Å². The lowest BCUT2D eigenvalue weighted by Gasteiger charge is -2.15. The van der Waals surface area contributed by atoms with Gasteiger partial charge in [0, 0.05) is 32.1 Å². The number of fused-ring (bicyclic) bond motifs is 3. The summed E-state index contributed by atoms with van der Waals surface area (Å²) in [7, 11) is 7.42. The Kier molecular flexibility index (Phi) is 9.14. The van der Waals surface area contributed by atoms with E-state index in [1.165, 1.54) is 4.90 Å². The second-order valence-corrected chi connectivity index (χ2v) is 8.97. The molecule has 0 radical (unpaired) electrons. The number of amides is 2. The van der Waals surface area contributed by atoms with Crippen molar-refractivity contribution in [2.24, 2.45) is 0 Å². The van der Waals surface area contributed by atoms with Gasteiger partial charge in [-0.25, -0.2) is 9.59 Å². The van der Waals surface area contributed by atoms with Gasteiger partial charge in [-0.05, 0) is 53.0 Å². The Morgan fingerprint density at radius 3 is 2.14 bits per heavy atom. The number of carbonyl (C=O) groups is 3. The molecule has 0 unspecified atom stereocenters. The number of aliphatic carboxylic acids is 1. The number of halogens is 3. The van der Waals surface area contributed by atoms with Crippen LogP contribution < -0.4 is 5.32 Å². The van der Waals surface area contributed by atoms with Crippen molar-refractivity contribution in [2.45, 2.75) is 32.5 Å². The molecule has 0 spiro atoms. The molecule has 2 N–H and O–H groups in total. The molecule has 9 nitrogen and oxygen atoms in total. The van der Waals surface area contributed by atoms with Gasteiger partial charge in [0.2, 0.25) is 0 Å². The zero-order chi connectivity index (χ0) is 27.4. The number of carbonyl (C=O) groups excluding carboxylic acids is 2. The summed E-state index contributed by atoms with van der Waals surface area (Å²) in [5.41, 5.74) is 3.12. The lowest BCUT2D eigenvalue weighted by atomic mass is 10.2. The standard InChI is InChI=1S/C22H31N5O2.C2HF3O2/c1-15(2)26-17-11-8-7-10-16(17)20-18(26)14-19(27(20)22(29)25(5)6)21(28)23-12-9-13-24(3)4;3-2(4,5)1(6)7/h7-8,10-11,14-15H,9,12-13H2,1-6H3,(H,23,28);(H,6,7). The van der Waals surface area contributed by atoms with Crippen molar-refractivity contribution in [1.82, 2.24) is 24.3 Å². The third-order valence-electron chi connectivity index (χ3n) is 5.29. The Labute approximate surface area is 207 Å². The second kappa shape index (κ2) is 11.5. The quantitative estimate of drug-likeness (QED) is 0.487. The molecule has 3 aromatic rings. The Morgan fingerprint density at radius 1 is 1.06 bits per heavy atom. The van der Waals surface area contributed by atoms with Crippen LogP contribution in [0.1, 0.15) is 36.8 Å². The van der Waals surface area contributed by atoms with Crippen molar-refractivity contribution >= 4 is 39.8 Å². The number of rotatable bonds is 6. The minimum atomic E-state index is -5.08. The molecule has 0 bridgehead atoms. The number of aromatic nitrogens is 2. The number of carboxylic acids is 1. The van der Waals surface area contributed by atoms with Crippen LogP contribution in [0, 0.1) is 0 Å². The van der Waals surface area contributed by atoms with Gasteiger partial charge in [-0.15, -0.1) is 0 Å². The molecular weight excluding hydrogens is 479 g/mol. The van der Waals surface area contributed by atoms with Gasteiger partial charge in [0.05, 0.1) is 16.6 Å². The first-order valence-corrected chi connectivity index (χ1v) is 11.3. The molecular formula is C24H32F3N5O4. The van der Waals surface area contributed by atoms with E-state index in [-0.39, 0.29) is 18.0 Å². The third-order valence-corrected chi connectivity index (χ3v) is 5.29. The summed E-state index contributed by atoms with van der Waals surface area (Å²) < 4.78 is 35.5. The molecule has 36 heavy (non-hydrogen) atoms. The van der Waals surface area contributed by atoms with Crippen molar-refractivity contribution in [3.05, 3.63) is 36.0 Å². The van der Waals surface area contributed by atoms with E-state index in [0.29, 0.717) is 12.2 Å². The molecule has 2 amide bonds. The topological polar surface area (TPSA) is 99.8 Å². The average molecular weight is 512 g/mol. The first-order chi connectivity index (χ1) is 16.7. The van der Waals surface area contributed by atoms with Crippen molar-refractivity contribution in [3.63, 3.8) is 0 Å². The highest BCUT2D eigenvalue weighted by Gasteiger charge is 2.38. The summed E-state index contributed by atoms with van der Waals surface area (Å²) in [6.07, 6.45) is -4.23. The fraction of sp³-hybridized carbons (Fsp3) is 0.458. The minimum absolute atomic E-state index is 0.193. The van der Waals surface area contributed by atoms with Crippen LogP contribution in [0.15, 0.2) is 30.3 Å². The largest absolute Gasteiger partial charge is 0.490 e.